The van der Waals surface area contributed by atoms with Crippen molar-refractivity contribution in [2.45, 2.75) is 6.92 Å². The van der Waals surface area contributed by atoms with Crippen molar-refractivity contribution in [1.29, 1.82) is 0 Å². The third-order valence-electron chi connectivity index (χ3n) is 2.93. The lowest BCUT2D eigenvalue weighted by Gasteiger charge is -2.21. The number of aromatic carboxylic acids is 1. The molecule has 0 amide bonds. The molecule has 4 nitrogen and oxygen atoms in total. The second-order valence-electron chi connectivity index (χ2n) is 4.03. The fourth-order valence-electron chi connectivity index (χ4n) is 1.91. The van der Waals surface area contributed by atoms with Crippen LogP contribution in [0.4, 0.5) is 11.4 Å². The summed E-state index contributed by atoms with van der Waals surface area (Å²) < 4.78 is 0. The van der Waals surface area contributed by atoms with Crippen molar-refractivity contribution in [3.8, 4) is 0 Å². The first-order chi connectivity index (χ1) is 8.61. The maximum absolute atomic E-state index is 11.1. The van der Waals surface area contributed by atoms with Gasteiger partial charge in [-0.05, 0) is 36.8 Å². The van der Waals surface area contributed by atoms with Crippen molar-refractivity contribution >= 4 is 17.3 Å². The molecule has 0 aliphatic rings. The van der Waals surface area contributed by atoms with Gasteiger partial charge in [-0.2, -0.15) is 0 Å². The van der Waals surface area contributed by atoms with Gasteiger partial charge in [0.2, 0.25) is 0 Å². The zero-order valence-electron chi connectivity index (χ0n) is 10.3. The SMILES string of the molecule is Cc1c(C(=O)O)cccc1N(C)c1cccnc1. The van der Waals surface area contributed by atoms with E-state index in [9.17, 15) is 4.79 Å². The van der Waals surface area contributed by atoms with Crippen molar-refractivity contribution in [1.82, 2.24) is 4.98 Å². The Balaban J connectivity index is 2.46. The van der Waals surface area contributed by atoms with Crippen molar-refractivity contribution in [3.05, 3.63) is 53.9 Å². The normalized spacial score (nSPS) is 10.1. The summed E-state index contributed by atoms with van der Waals surface area (Å²) in [6, 6.07) is 9.04. The molecule has 0 saturated heterocycles. The van der Waals surface area contributed by atoms with Gasteiger partial charge in [-0.3, -0.25) is 4.98 Å². The van der Waals surface area contributed by atoms with Crippen LogP contribution < -0.4 is 4.90 Å². The van der Waals surface area contributed by atoms with Crippen molar-refractivity contribution < 1.29 is 9.90 Å². The number of hydrogen-bond donors (Lipinski definition) is 1. The van der Waals surface area contributed by atoms with Gasteiger partial charge in [-0.1, -0.05) is 6.07 Å². The highest BCUT2D eigenvalue weighted by molar-refractivity contribution is 5.91. The molecule has 4 heteroatoms. The summed E-state index contributed by atoms with van der Waals surface area (Å²) >= 11 is 0. The van der Waals surface area contributed by atoms with Crippen LogP contribution in [0.3, 0.4) is 0 Å². The van der Waals surface area contributed by atoms with Crippen LogP contribution in [0.2, 0.25) is 0 Å². The number of aromatic nitrogens is 1. The first-order valence-electron chi connectivity index (χ1n) is 5.58. The van der Waals surface area contributed by atoms with Crippen LogP contribution in [0.5, 0.6) is 0 Å². The molecule has 0 radical (unpaired) electrons. The van der Waals surface area contributed by atoms with Crippen LogP contribution in [0.15, 0.2) is 42.7 Å². The molecule has 92 valence electrons. The number of carboxylic acid groups (broad SMARTS) is 1. The van der Waals surface area contributed by atoms with Crippen LogP contribution >= 0.6 is 0 Å². The van der Waals surface area contributed by atoms with Gasteiger partial charge in [0.05, 0.1) is 17.4 Å². The first-order valence-corrected chi connectivity index (χ1v) is 5.58. The second-order valence-corrected chi connectivity index (χ2v) is 4.03. The topological polar surface area (TPSA) is 53.4 Å². The van der Waals surface area contributed by atoms with Crippen LogP contribution in [0, 0.1) is 6.92 Å². The number of anilines is 2. The number of nitrogens with zero attached hydrogens (tertiary/aromatic N) is 2. The van der Waals surface area contributed by atoms with Crippen LogP contribution in [0.25, 0.3) is 0 Å². The summed E-state index contributed by atoms with van der Waals surface area (Å²) in [5.41, 5.74) is 2.85. The standard InChI is InChI=1S/C14H14N2O2/c1-10-12(14(17)18)6-3-7-13(10)16(2)11-5-4-8-15-9-11/h3-9H,1-2H3,(H,17,18). The zero-order chi connectivity index (χ0) is 13.1. The fraction of sp³-hybridized carbons (Fsp3) is 0.143. The monoisotopic (exact) mass is 242 g/mol. The molecule has 0 aliphatic heterocycles. The molecule has 0 unspecified atom stereocenters. The number of carbonyl (C=O) groups is 1. The average Bonchev–Trinajstić information content (AvgIpc) is 2.39. The molecule has 0 atom stereocenters. The summed E-state index contributed by atoms with van der Waals surface area (Å²) in [6.07, 6.45) is 3.45. The highest BCUT2D eigenvalue weighted by Crippen LogP contribution is 2.27. The summed E-state index contributed by atoms with van der Waals surface area (Å²) in [6.45, 7) is 1.81. The fourth-order valence-corrected chi connectivity index (χ4v) is 1.91. The van der Waals surface area contributed by atoms with Crippen LogP contribution in [0.1, 0.15) is 15.9 Å². The largest absolute Gasteiger partial charge is 0.478 e. The van der Waals surface area contributed by atoms with Crippen molar-refractivity contribution in [3.63, 3.8) is 0 Å². The van der Waals surface area contributed by atoms with Gasteiger partial charge in [0.15, 0.2) is 0 Å². The Hall–Kier alpha value is -2.36. The maximum atomic E-state index is 11.1. The molecule has 0 aliphatic carbocycles. The minimum atomic E-state index is -0.908. The second kappa shape index (κ2) is 4.87. The molecule has 1 heterocycles. The Bertz CT molecular complexity index is 567. The van der Waals surface area contributed by atoms with Gasteiger partial charge in [0.25, 0.3) is 0 Å². The molecule has 1 aromatic carbocycles. The molecule has 2 aromatic rings. The van der Waals surface area contributed by atoms with E-state index in [2.05, 4.69) is 4.98 Å². The quantitative estimate of drug-likeness (QED) is 0.899. The van der Waals surface area contributed by atoms with Gasteiger partial charge in [-0.25, -0.2) is 4.79 Å². The van der Waals surface area contributed by atoms with E-state index in [1.54, 1.807) is 24.5 Å². The third-order valence-corrected chi connectivity index (χ3v) is 2.93. The highest BCUT2D eigenvalue weighted by atomic mass is 16.4. The predicted octanol–water partition coefficient (Wildman–Crippen LogP) is 2.86. The molecule has 18 heavy (non-hydrogen) atoms. The Labute approximate surface area is 106 Å². The lowest BCUT2D eigenvalue weighted by atomic mass is 10.1. The van der Waals surface area contributed by atoms with E-state index < -0.39 is 5.97 Å². The van der Waals surface area contributed by atoms with E-state index in [0.29, 0.717) is 5.56 Å². The van der Waals surface area contributed by atoms with Gasteiger partial charge in [0.1, 0.15) is 0 Å². The molecule has 0 bridgehead atoms. The summed E-state index contributed by atoms with van der Waals surface area (Å²) in [5.74, 6) is -0.908. The van der Waals surface area contributed by atoms with Crippen molar-refractivity contribution in [2.75, 3.05) is 11.9 Å². The van der Waals surface area contributed by atoms with Gasteiger partial charge < -0.3 is 10.0 Å². The lowest BCUT2D eigenvalue weighted by Crippen LogP contribution is -2.13. The number of rotatable bonds is 3. The number of carboxylic acids is 1. The van der Waals surface area contributed by atoms with E-state index in [4.69, 9.17) is 5.11 Å². The molecule has 0 fully saturated rings. The van der Waals surface area contributed by atoms with Gasteiger partial charge >= 0.3 is 5.97 Å². The van der Waals surface area contributed by atoms with E-state index >= 15 is 0 Å². The molecular weight excluding hydrogens is 228 g/mol. The Morgan fingerprint density at radius 2 is 2.06 bits per heavy atom. The van der Waals surface area contributed by atoms with E-state index in [1.807, 2.05) is 37.1 Å². The van der Waals surface area contributed by atoms with E-state index in [1.165, 1.54) is 0 Å². The Morgan fingerprint density at radius 3 is 2.67 bits per heavy atom. The highest BCUT2D eigenvalue weighted by Gasteiger charge is 2.13. The molecule has 0 spiro atoms. The van der Waals surface area contributed by atoms with Gasteiger partial charge in [0, 0.05) is 18.9 Å². The molecule has 0 saturated carbocycles. The predicted molar refractivity (Wildman–Crippen MR) is 70.4 cm³/mol. The molecule has 1 aromatic heterocycles. The molecule has 2 rings (SSSR count). The van der Waals surface area contributed by atoms with E-state index in [-0.39, 0.29) is 0 Å². The summed E-state index contributed by atoms with van der Waals surface area (Å²) in [5, 5.41) is 9.11. The van der Waals surface area contributed by atoms with Crippen LogP contribution in [-0.2, 0) is 0 Å². The minimum Gasteiger partial charge on any atom is -0.478 e. The zero-order valence-corrected chi connectivity index (χ0v) is 10.3. The Kier molecular flexibility index (Phi) is 3.28. The molecule has 1 N–H and O–H groups in total. The average molecular weight is 242 g/mol. The summed E-state index contributed by atoms with van der Waals surface area (Å²) in [7, 11) is 1.89. The van der Waals surface area contributed by atoms with E-state index in [0.717, 1.165) is 16.9 Å². The number of benzene rings is 1. The lowest BCUT2D eigenvalue weighted by molar-refractivity contribution is 0.0696. The smallest absolute Gasteiger partial charge is 0.336 e. The number of pyridine rings is 1. The van der Waals surface area contributed by atoms with Crippen LogP contribution in [-0.4, -0.2) is 23.1 Å². The maximum Gasteiger partial charge on any atom is 0.336 e. The van der Waals surface area contributed by atoms with Gasteiger partial charge in [-0.15, -0.1) is 0 Å². The minimum absolute atomic E-state index is 0.322. The first kappa shape index (κ1) is 12.1. The number of hydrogen-bond acceptors (Lipinski definition) is 3. The van der Waals surface area contributed by atoms with Crippen molar-refractivity contribution in [2.24, 2.45) is 0 Å². The Morgan fingerprint density at radius 1 is 1.28 bits per heavy atom. The third kappa shape index (κ3) is 2.18. The molecular formula is C14H14N2O2. The summed E-state index contributed by atoms with van der Waals surface area (Å²) in [4.78, 5) is 17.1.